The molecule has 174 valence electrons. The number of rotatable bonds is 7. The molecule has 1 aromatic heterocycles. The van der Waals surface area contributed by atoms with Gasteiger partial charge in [-0.15, -0.1) is 0 Å². The fraction of sp³-hybridized carbons (Fsp3) is 0.182. The monoisotopic (exact) mass is 510 g/mol. The molecule has 33 heavy (non-hydrogen) atoms. The maximum absolute atomic E-state index is 12.7. The van der Waals surface area contributed by atoms with E-state index in [2.05, 4.69) is 9.71 Å². The highest BCUT2D eigenvalue weighted by Crippen LogP contribution is 2.35. The molecule has 0 spiro atoms. The van der Waals surface area contributed by atoms with Gasteiger partial charge in [0.15, 0.2) is 0 Å². The first-order valence-corrected chi connectivity index (χ1v) is 12.2. The fourth-order valence-corrected chi connectivity index (χ4v) is 4.41. The molecule has 0 unspecified atom stereocenters. The number of methoxy groups -OCH3 is 1. The summed E-state index contributed by atoms with van der Waals surface area (Å²) in [4.78, 5) is 28.3. The first kappa shape index (κ1) is 24.6. The van der Waals surface area contributed by atoms with E-state index in [1.54, 1.807) is 25.1 Å². The van der Waals surface area contributed by atoms with Gasteiger partial charge >= 0.3 is 11.9 Å². The Hall–Kier alpha value is -3.01. The smallest absolute Gasteiger partial charge is 0.355 e. The molecule has 3 aromatic rings. The number of hydrogen-bond donors (Lipinski definition) is 2. The minimum Gasteiger partial charge on any atom is -0.465 e. The Balaban J connectivity index is 2.29. The zero-order valence-electron chi connectivity index (χ0n) is 17.9. The van der Waals surface area contributed by atoms with Crippen molar-refractivity contribution in [2.45, 2.75) is 6.92 Å². The Morgan fingerprint density at radius 2 is 1.91 bits per heavy atom. The van der Waals surface area contributed by atoms with Crippen LogP contribution in [0.3, 0.4) is 0 Å². The van der Waals surface area contributed by atoms with Crippen LogP contribution in [0.5, 0.6) is 0 Å². The predicted octanol–water partition coefficient (Wildman–Crippen LogP) is 4.74. The molecule has 0 atom stereocenters. The van der Waals surface area contributed by atoms with Gasteiger partial charge in [-0.3, -0.25) is 4.72 Å². The van der Waals surface area contributed by atoms with Gasteiger partial charge < -0.3 is 14.5 Å². The van der Waals surface area contributed by atoms with Crippen LogP contribution in [0.4, 0.5) is 5.69 Å². The number of carbonyl (C=O) groups is 2. The van der Waals surface area contributed by atoms with Crippen molar-refractivity contribution in [3.8, 4) is 0 Å². The van der Waals surface area contributed by atoms with Crippen molar-refractivity contribution >= 4 is 73.4 Å². The average molecular weight is 511 g/mol. The second-order valence-electron chi connectivity index (χ2n) is 6.95. The summed E-state index contributed by atoms with van der Waals surface area (Å²) >= 11 is 12.5. The van der Waals surface area contributed by atoms with Gasteiger partial charge in [0, 0.05) is 27.2 Å². The Morgan fingerprint density at radius 1 is 1.18 bits per heavy atom. The third-order valence-electron chi connectivity index (χ3n) is 4.50. The number of ether oxygens (including phenoxy) is 2. The number of aromatic amines is 1. The van der Waals surface area contributed by atoms with Gasteiger partial charge in [-0.05, 0) is 42.8 Å². The molecule has 2 aromatic carbocycles. The minimum atomic E-state index is -3.54. The molecule has 1 heterocycles. The van der Waals surface area contributed by atoms with E-state index in [4.69, 9.17) is 32.7 Å². The Labute approximate surface area is 200 Å². The molecular weight excluding hydrogens is 491 g/mol. The molecule has 3 rings (SSSR count). The van der Waals surface area contributed by atoms with Crippen LogP contribution in [0.2, 0.25) is 10.0 Å². The van der Waals surface area contributed by atoms with E-state index in [0.717, 1.165) is 6.26 Å². The van der Waals surface area contributed by atoms with Gasteiger partial charge in [0.25, 0.3) is 0 Å². The molecule has 0 aliphatic heterocycles. The minimum absolute atomic E-state index is 0.0621. The lowest BCUT2D eigenvalue weighted by molar-refractivity contribution is -0.133. The largest absolute Gasteiger partial charge is 0.465 e. The van der Waals surface area contributed by atoms with E-state index in [1.807, 2.05) is 0 Å². The van der Waals surface area contributed by atoms with Gasteiger partial charge in [0.1, 0.15) is 5.69 Å². The zero-order chi connectivity index (χ0) is 24.3. The van der Waals surface area contributed by atoms with Gasteiger partial charge in [-0.1, -0.05) is 35.3 Å². The van der Waals surface area contributed by atoms with Crippen molar-refractivity contribution in [3.63, 3.8) is 0 Å². The number of fused-ring (bicyclic) bond motifs is 1. The van der Waals surface area contributed by atoms with Crippen molar-refractivity contribution in [1.29, 1.82) is 0 Å². The highest BCUT2D eigenvalue weighted by atomic mass is 35.5. The first-order chi connectivity index (χ1) is 15.5. The van der Waals surface area contributed by atoms with Crippen LogP contribution in [0.1, 0.15) is 28.5 Å². The van der Waals surface area contributed by atoms with Crippen LogP contribution in [0.25, 0.3) is 22.6 Å². The standard InChI is InChI=1S/C22H20Cl2N2O6S/c1-4-32-22(28)20-16(19-17(24)9-13(23)10-18(19)25-20)11-15(21(27)31-2)12-6-5-7-14(8-12)26-33(3,29)30/h5-11,25-26H,4H2,1-3H3/b15-11+. The number of carbonyl (C=O) groups excluding carboxylic acids is 2. The predicted molar refractivity (Wildman–Crippen MR) is 129 cm³/mol. The lowest BCUT2D eigenvalue weighted by Crippen LogP contribution is -2.10. The lowest BCUT2D eigenvalue weighted by atomic mass is 10.0. The summed E-state index contributed by atoms with van der Waals surface area (Å²) in [5.74, 6) is -1.36. The van der Waals surface area contributed by atoms with Gasteiger partial charge in [0.05, 0.1) is 30.6 Å². The topological polar surface area (TPSA) is 115 Å². The molecule has 0 radical (unpaired) electrons. The quantitative estimate of drug-likeness (QED) is 0.350. The van der Waals surface area contributed by atoms with Gasteiger partial charge in [0.2, 0.25) is 10.0 Å². The molecule has 0 bridgehead atoms. The molecule has 11 heteroatoms. The van der Waals surface area contributed by atoms with E-state index in [0.29, 0.717) is 27.1 Å². The molecule has 0 amide bonds. The summed E-state index contributed by atoms with van der Waals surface area (Å²) in [6.45, 7) is 1.80. The van der Waals surface area contributed by atoms with E-state index in [-0.39, 0.29) is 28.6 Å². The third kappa shape index (κ3) is 5.68. The zero-order valence-corrected chi connectivity index (χ0v) is 20.2. The maximum atomic E-state index is 12.7. The van der Waals surface area contributed by atoms with Crippen molar-refractivity contribution in [1.82, 2.24) is 4.98 Å². The molecule has 8 nitrogen and oxygen atoms in total. The van der Waals surface area contributed by atoms with Gasteiger partial charge in [-0.25, -0.2) is 18.0 Å². The van der Waals surface area contributed by atoms with Crippen molar-refractivity contribution in [2.24, 2.45) is 0 Å². The molecule has 0 aliphatic rings. The normalized spacial score (nSPS) is 12.0. The average Bonchev–Trinajstić information content (AvgIpc) is 3.09. The SMILES string of the molecule is CCOC(=O)c1[nH]c2cc(Cl)cc(Cl)c2c1/C=C(/C(=O)OC)c1cccc(NS(C)(=O)=O)c1. The number of nitrogens with one attached hydrogen (secondary N) is 2. The maximum Gasteiger partial charge on any atom is 0.355 e. The molecule has 0 fully saturated rings. The highest BCUT2D eigenvalue weighted by molar-refractivity contribution is 7.92. The van der Waals surface area contributed by atoms with Crippen LogP contribution >= 0.6 is 23.2 Å². The van der Waals surface area contributed by atoms with E-state index >= 15 is 0 Å². The third-order valence-corrected chi connectivity index (χ3v) is 5.63. The molecule has 0 saturated carbocycles. The highest BCUT2D eigenvalue weighted by Gasteiger charge is 2.23. The van der Waals surface area contributed by atoms with E-state index in [9.17, 15) is 18.0 Å². The van der Waals surface area contributed by atoms with Crippen LogP contribution in [-0.2, 0) is 24.3 Å². The van der Waals surface area contributed by atoms with Crippen molar-refractivity contribution in [3.05, 3.63) is 63.3 Å². The van der Waals surface area contributed by atoms with Crippen LogP contribution in [0.15, 0.2) is 36.4 Å². The van der Waals surface area contributed by atoms with Crippen LogP contribution < -0.4 is 4.72 Å². The second kappa shape index (κ2) is 9.86. The van der Waals surface area contributed by atoms with Crippen molar-refractivity contribution < 1.29 is 27.5 Å². The molecule has 2 N–H and O–H groups in total. The van der Waals surface area contributed by atoms with E-state index in [1.165, 1.54) is 31.4 Å². The van der Waals surface area contributed by atoms with E-state index < -0.39 is 22.0 Å². The second-order valence-corrected chi connectivity index (χ2v) is 9.54. The number of anilines is 1. The number of halogens is 2. The van der Waals surface area contributed by atoms with Crippen LogP contribution in [0, 0.1) is 0 Å². The fourth-order valence-electron chi connectivity index (χ4n) is 3.26. The molecule has 0 aliphatic carbocycles. The number of sulfonamides is 1. The number of benzene rings is 2. The summed E-state index contributed by atoms with van der Waals surface area (Å²) in [7, 11) is -2.33. The summed E-state index contributed by atoms with van der Waals surface area (Å²) in [6, 6.07) is 9.30. The number of hydrogen-bond acceptors (Lipinski definition) is 6. The number of H-pyrrole nitrogens is 1. The number of esters is 2. The van der Waals surface area contributed by atoms with Gasteiger partial charge in [-0.2, -0.15) is 0 Å². The molecular formula is C22H20Cl2N2O6S. The Morgan fingerprint density at radius 3 is 2.55 bits per heavy atom. The summed E-state index contributed by atoms with van der Waals surface area (Å²) in [5, 5.41) is 1.07. The van der Waals surface area contributed by atoms with Crippen LogP contribution in [-0.4, -0.2) is 45.3 Å². The Kier molecular flexibility index (Phi) is 7.36. The summed E-state index contributed by atoms with van der Waals surface area (Å²) < 4.78 is 35.7. The number of aromatic nitrogens is 1. The summed E-state index contributed by atoms with van der Waals surface area (Å²) in [5.41, 5.74) is 1.50. The first-order valence-electron chi connectivity index (χ1n) is 9.60. The molecule has 0 saturated heterocycles. The lowest BCUT2D eigenvalue weighted by Gasteiger charge is -2.10. The summed E-state index contributed by atoms with van der Waals surface area (Å²) in [6.07, 6.45) is 2.46. The van der Waals surface area contributed by atoms with Crippen molar-refractivity contribution in [2.75, 3.05) is 24.7 Å². The Bertz CT molecular complexity index is 1380.